The lowest BCUT2D eigenvalue weighted by atomic mass is 9.70. The third-order valence-corrected chi connectivity index (χ3v) is 9.44. The third kappa shape index (κ3) is 9.65. The van der Waals surface area contributed by atoms with E-state index in [1.54, 1.807) is 11.1 Å². The predicted octanol–water partition coefficient (Wildman–Crippen LogP) is 13.2. The van der Waals surface area contributed by atoms with Crippen molar-refractivity contribution < 1.29 is 0 Å². The fourth-order valence-corrected chi connectivity index (χ4v) is 7.09. The molecule has 0 heteroatoms. The minimum atomic E-state index is 0.186. The molecule has 216 valence electrons. The molecule has 0 fully saturated rings. The molecule has 2 aromatic rings. The highest BCUT2D eigenvalue weighted by Gasteiger charge is 2.41. The fraction of sp³-hybridized carbons (Fsp3) is 0.641. The van der Waals surface area contributed by atoms with E-state index in [0.717, 1.165) is 0 Å². The lowest BCUT2D eigenvalue weighted by Crippen LogP contribution is -2.25. The van der Waals surface area contributed by atoms with Gasteiger partial charge in [-0.05, 0) is 40.7 Å². The quantitative estimate of drug-likeness (QED) is 0.126. The summed E-state index contributed by atoms with van der Waals surface area (Å²) in [5.74, 6) is 0. The van der Waals surface area contributed by atoms with E-state index in [0.29, 0.717) is 0 Å². The molecule has 0 radical (unpaired) electrons. The van der Waals surface area contributed by atoms with Crippen molar-refractivity contribution in [2.24, 2.45) is 0 Å². The summed E-state index contributed by atoms with van der Waals surface area (Å²) in [5.41, 5.74) is 7.63. The highest BCUT2D eigenvalue weighted by molar-refractivity contribution is 5.82. The van der Waals surface area contributed by atoms with E-state index in [-0.39, 0.29) is 5.41 Å². The maximum absolute atomic E-state index is 4.11. The summed E-state index contributed by atoms with van der Waals surface area (Å²) in [4.78, 5) is 0. The van der Waals surface area contributed by atoms with Gasteiger partial charge in [0.2, 0.25) is 0 Å². The summed E-state index contributed by atoms with van der Waals surface area (Å²) in [6.07, 6.45) is 32.8. The zero-order chi connectivity index (χ0) is 27.6. The molecule has 0 amide bonds. The van der Waals surface area contributed by atoms with Gasteiger partial charge in [0.15, 0.2) is 0 Å². The van der Waals surface area contributed by atoms with E-state index in [9.17, 15) is 0 Å². The molecule has 0 bridgehead atoms. The van der Waals surface area contributed by atoms with Crippen LogP contribution in [0, 0.1) is 0 Å². The first kappa shape index (κ1) is 31.7. The predicted molar refractivity (Wildman–Crippen MR) is 176 cm³/mol. The van der Waals surface area contributed by atoms with Crippen LogP contribution in [0.4, 0.5) is 0 Å². The van der Waals surface area contributed by atoms with Crippen molar-refractivity contribution >= 4 is 6.08 Å². The van der Waals surface area contributed by atoms with Crippen molar-refractivity contribution in [3.63, 3.8) is 0 Å². The number of rotatable bonds is 23. The first-order valence-corrected chi connectivity index (χ1v) is 17.1. The molecule has 2 aromatic carbocycles. The van der Waals surface area contributed by atoms with Crippen molar-refractivity contribution in [1.82, 2.24) is 0 Å². The largest absolute Gasteiger partial charge is 0.0985 e. The molecule has 0 nitrogen and oxygen atoms in total. The molecule has 0 heterocycles. The number of hydrogen-bond donors (Lipinski definition) is 0. The van der Waals surface area contributed by atoms with Gasteiger partial charge in [-0.25, -0.2) is 0 Å². The molecule has 1 aliphatic rings. The van der Waals surface area contributed by atoms with Gasteiger partial charge in [0, 0.05) is 5.41 Å². The molecule has 0 unspecified atom stereocenters. The van der Waals surface area contributed by atoms with Crippen LogP contribution in [0.3, 0.4) is 0 Å². The van der Waals surface area contributed by atoms with Crippen LogP contribution in [0.2, 0.25) is 0 Å². The van der Waals surface area contributed by atoms with Crippen LogP contribution in [0.5, 0.6) is 0 Å². The van der Waals surface area contributed by atoms with Gasteiger partial charge in [-0.3, -0.25) is 0 Å². The van der Waals surface area contributed by atoms with Crippen molar-refractivity contribution in [3.05, 3.63) is 65.7 Å². The lowest BCUT2D eigenvalue weighted by molar-refractivity contribution is 0.397. The average Bonchev–Trinajstić information content (AvgIpc) is 3.24. The Morgan fingerprint density at radius 2 is 0.949 bits per heavy atom. The smallest absolute Gasteiger partial charge is 0.0215 e. The van der Waals surface area contributed by atoms with Gasteiger partial charge < -0.3 is 0 Å². The standard InChI is InChI=1S/C39H60/c1-4-7-9-11-13-15-17-19-21-25-31-39(32-26-22-20-18-16-14-12-10-8-5-2)37-28-24-23-27-35(37)36-30-29-34(6-3)33-38(36)39/h6,23-24,27-30,33H,3-5,7-22,25-26,31-32H2,1-2H3. The second-order valence-electron chi connectivity index (χ2n) is 12.5. The number of benzene rings is 2. The fourth-order valence-electron chi connectivity index (χ4n) is 7.09. The van der Waals surface area contributed by atoms with Crippen molar-refractivity contribution in [2.45, 2.75) is 161 Å². The zero-order valence-corrected chi connectivity index (χ0v) is 25.9. The molecule has 0 atom stereocenters. The Morgan fingerprint density at radius 1 is 0.513 bits per heavy atom. The molecule has 0 aromatic heterocycles. The minimum absolute atomic E-state index is 0.186. The van der Waals surface area contributed by atoms with E-state index >= 15 is 0 Å². The van der Waals surface area contributed by atoms with E-state index in [1.165, 1.54) is 158 Å². The highest BCUT2D eigenvalue weighted by Crippen LogP contribution is 2.54. The summed E-state index contributed by atoms with van der Waals surface area (Å²) in [5, 5.41) is 0. The minimum Gasteiger partial charge on any atom is -0.0985 e. The molecule has 0 spiro atoms. The van der Waals surface area contributed by atoms with E-state index < -0.39 is 0 Å². The van der Waals surface area contributed by atoms with E-state index in [1.807, 2.05) is 6.08 Å². The Bertz CT molecular complexity index is 911. The SMILES string of the molecule is C=Cc1ccc2c(c1)C(CCCCCCCCCCCC)(CCCCCCCCCCCC)c1ccccc1-2. The molecule has 0 aliphatic heterocycles. The van der Waals surface area contributed by atoms with Crippen LogP contribution in [0.1, 0.15) is 172 Å². The normalized spacial score (nSPS) is 13.4. The molecular formula is C39H60. The first-order valence-electron chi connectivity index (χ1n) is 17.1. The molecule has 0 N–H and O–H groups in total. The van der Waals surface area contributed by atoms with Crippen molar-refractivity contribution in [2.75, 3.05) is 0 Å². The number of hydrogen-bond acceptors (Lipinski definition) is 0. The lowest BCUT2D eigenvalue weighted by Gasteiger charge is -2.33. The van der Waals surface area contributed by atoms with Gasteiger partial charge in [0.05, 0.1) is 0 Å². The summed E-state index contributed by atoms with van der Waals surface area (Å²) in [6.45, 7) is 8.72. The maximum atomic E-state index is 4.11. The number of unbranched alkanes of at least 4 members (excludes halogenated alkanes) is 18. The van der Waals surface area contributed by atoms with Crippen molar-refractivity contribution in [1.29, 1.82) is 0 Å². The Hall–Kier alpha value is -1.82. The second kappa shape index (κ2) is 18.5. The molecule has 1 aliphatic carbocycles. The van der Waals surface area contributed by atoms with E-state index in [4.69, 9.17) is 0 Å². The zero-order valence-electron chi connectivity index (χ0n) is 25.9. The highest BCUT2D eigenvalue weighted by atomic mass is 14.4. The van der Waals surface area contributed by atoms with Crippen LogP contribution in [0.25, 0.3) is 17.2 Å². The number of fused-ring (bicyclic) bond motifs is 3. The molecule has 0 saturated heterocycles. The van der Waals surface area contributed by atoms with Gasteiger partial charge in [0.1, 0.15) is 0 Å². The molecule has 39 heavy (non-hydrogen) atoms. The molecule has 3 rings (SSSR count). The topological polar surface area (TPSA) is 0 Å². The summed E-state index contributed by atoms with van der Waals surface area (Å²) in [7, 11) is 0. The van der Waals surface area contributed by atoms with E-state index in [2.05, 4.69) is 62.9 Å². The Labute approximate surface area is 243 Å². The monoisotopic (exact) mass is 528 g/mol. The summed E-state index contributed by atoms with van der Waals surface area (Å²) < 4.78 is 0. The average molecular weight is 529 g/mol. The van der Waals surface area contributed by atoms with Gasteiger partial charge in [-0.2, -0.15) is 0 Å². The van der Waals surface area contributed by atoms with Crippen LogP contribution in [-0.4, -0.2) is 0 Å². The second-order valence-corrected chi connectivity index (χ2v) is 12.5. The Morgan fingerprint density at radius 3 is 1.44 bits per heavy atom. The van der Waals surface area contributed by atoms with Crippen LogP contribution < -0.4 is 0 Å². The van der Waals surface area contributed by atoms with Gasteiger partial charge >= 0.3 is 0 Å². The van der Waals surface area contributed by atoms with Crippen LogP contribution >= 0.6 is 0 Å². The maximum Gasteiger partial charge on any atom is 0.0215 e. The van der Waals surface area contributed by atoms with Crippen LogP contribution in [-0.2, 0) is 5.41 Å². The van der Waals surface area contributed by atoms with Crippen molar-refractivity contribution in [3.8, 4) is 11.1 Å². The van der Waals surface area contributed by atoms with Crippen LogP contribution in [0.15, 0.2) is 49.0 Å². The third-order valence-electron chi connectivity index (χ3n) is 9.44. The molecular weight excluding hydrogens is 468 g/mol. The first-order chi connectivity index (χ1) is 19.3. The summed E-state index contributed by atoms with van der Waals surface area (Å²) >= 11 is 0. The summed E-state index contributed by atoms with van der Waals surface area (Å²) in [6, 6.07) is 16.5. The Balaban J connectivity index is 1.58. The van der Waals surface area contributed by atoms with Gasteiger partial charge in [-0.1, -0.05) is 197 Å². The molecule has 0 saturated carbocycles. The van der Waals surface area contributed by atoms with Gasteiger partial charge in [-0.15, -0.1) is 0 Å². The van der Waals surface area contributed by atoms with Gasteiger partial charge in [0.25, 0.3) is 0 Å². The Kier molecular flexibility index (Phi) is 15.0.